The third-order valence-corrected chi connectivity index (χ3v) is 7.96. The van der Waals surface area contributed by atoms with E-state index in [2.05, 4.69) is 36.1 Å². The monoisotopic (exact) mass is 503 g/mol. The quantitative estimate of drug-likeness (QED) is 0.304. The average molecular weight is 504 g/mol. The largest absolute Gasteiger partial charge is 0.497 e. The summed E-state index contributed by atoms with van der Waals surface area (Å²) in [5.74, 6) is 1.76. The number of methoxy groups -OCH3 is 1. The lowest BCUT2D eigenvalue weighted by molar-refractivity contribution is -0.122. The molecule has 2 aliphatic rings. The number of fused-ring (bicyclic) bond motifs is 1. The van der Waals surface area contributed by atoms with Gasteiger partial charge >= 0.3 is 0 Å². The molecule has 2 saturated heterocycles. The molecule has 1 amide bonds. The van der Waals surface area contributed by atoms with Crippen molar-refractivity contribution in [3.05, 3.63) is 70.1 Å². The molecule has 0 radical (unpaired) electrons. The third-order valence-electron chi connectivity index (χ3n) is 6.58. The zero-order chi connectivity index (χ0) is 24.4. The van der Waals surface area contributed by atoms with E-state index in [1.165, 1.54) is 36.6 Å². The Hall–Kier alpha value is -2.90. The zero-order valence-electron chi connectivity index (χ0n) is 20.1. The molecule has 5 rings (SSSR count). The van der Waals surface area contributed by atoms with E-state index in [4.69, 9.17) is 21.9 Å². The van der Waals surface area contributed by atoms with Crippen molar-refractivity contribution in [3.63, 3.8) is 0 Å². The van der Waals surface area contributed by atoms with E-state index in [0.717, 1.165) is 53.1 Å². The molecule has 0 atom stereocenters. The summed E-state index contributed by atoms with van der Waals surface area (Å²) in [6.45, 7) is 4.64. The molecular formula is C28H29N3O2S2. The van der Waals surface area contributed by atoms with Crippen LogP contribution in [-0.2, 0) is 11.2 Å². The van der Waals surface area contributed by atoms with Gasteiger partial charge in [-0.15, -0.1) is 0 Å². The Balaban J connectivity index is 1.42. The molecule has 2 aliphatic heterocycles. The molecule has 0 bridgehead atoms. The number of carbonyl (C=O) groups is 1. The lowest BCUT2D eigenvalue weighted by Gasteiger charge is -2.29. The number of thiocarbonyl (C=S) groups is 1. The van der Waals surface area contributed by atoms with Gasteiger partial charge in [-0.25, -0.2) is 4.98 Å². The van der Waals surface area contributed by atoms with Crippen molar-refractivity contribution in [1.82, 2.24) is 9.88 Å². The first-order valence-corrected chi connectivity index (χ1v) is 13.3. The van der Waals surface area contributed by atoms with Crippen LogP contribution in [0.25, 0.3) is 17.0 Å². The second-order valence-electron chi connectivity index (χ2n) is 9.08. The van der Waals surface area contributed by atoms with Gasteiger partial charge in [-0.3, -0.25) is 9.69 Å². The fourth-order valence-corrected chi connectivity index (χ4v) is 5.93. The molecule has 7 heteroatoms. The Morgan fingerprint density at radius 1 is 1.09 bits per heavy atom. The van der Waals surface area contributed by atoms with Crippen molar-refractivity contribution in [1.29, 1.82) is 0 Å². The van der Waals surface area contributed by atoms with Crippen molar-refractivity contribution in [3.8, 4) is 5.75 Å². The number of ether oxygens (including phenoxy) is 1. The van der Waals surface area contributed by atoms with Crippen molar-refractivity contribution in [2.45, 2.75) is 32.6 Å². The molecule has 1 aromatic heterocycles. The number of rotatable bonds is 6. The van der Waals surface area contributed by atoms with Crippen molar-refractivity contribution in [2.75, 3.05) is 31.6 Å². The summed E-state index contributed by atoms with van der Waals surface area (Å²) >= 11 is 6.98. The van der Waals surface area contributed by atoms with Crippen LogP contribution in [0.3, 0.4) is 0 Å². The van der Waals surface area contributed by atoms with Crippen molar-refractivity contribution >= 4 is 57.0 Å². The van der Waals surface area contributed by atoms with Gasteiger partial charge in [-0.2, -0.15) is 0 Å². The first kappa shape index (κ1) is 23.8. The summed E-state index contributed by atoms with van der Waals surface area (Å²) in [6.07, 6.45) is 6.32. The number of benzene rings is 2. The van der Waals surface area contributed by atoms with Crippen LogP contribution in [-0.4, -0.2) is 46.9 Å². The lowest BCUT2D eigenvalue weighted by atomic mass is 10.1. The fraction of sp³-hybridized carbons (Fsp3) is 0.321. The predicted octanol–water partition coefficient (Wildman–Crippen LogP) is 5.99. The van der Waals surface area contributed by atoms with Gasteiger partial charge in [0.15, 0.2) is 0 Å². The second kappa shape index (κ2) is 10.4. The molecule has 2 fully saturated rings. The van der Waals surface area contributed by atoms with Crippen LogP contribution in [0, 0.1) is 6.92 Å². The number of aromatic nitrogens is 1. The predicted molar refractivity (Wildman–Crippen MR) is 149 cm³/mol. The van der Waals surface area contributed by atoms with Gasteiger partial charge in [0, 0.05) is 30.6 Å². The Morgan fingerprint density at radius 3 is 2.60 bits per heavy atom. The molecule has 0 unspecified atom stereocenters. The highest BCUT2D eigenvalue weighted by Gasteiger charge is 2.32. The topological polar surface area (TPSA) is 45.7 Å². The number of pyridine rings is 1. The molecule has 5 nitrogen and oxygen atoms in total. The number of hydrogen-bond donors (Lipinski definition) is 0. The van der Waals surface area contributed by atoms with Crippen molar-refractivity contribution < 1.29 is 9.53 Å². The van der Waals surface area contributed by atoms with Gasteiger partial charge in [0.25, 0.3) is 5.91 Å². The highest BCUT2D eigenvalue weighted by atomic mass is 32.2. The highest BCUT2D eigenvalue weighted by Crippen LogP contribution is 2.36. The van der Waals surface area contributed by atoms with Gasteiger partial charge in [-0.1, -0.05) is 47.7 Å². The number of anilines is 1. The van der Waals surface area contributed by atoms with Crippen LogP contribution < -0.4 is 9.64 Å². The maximum atomic E-state index is 13.3. The first-order valence-electron chi connectivity index (χ1n) is 12.1. The van der Waals surface area contributed by atoms with Gasteiger partial charge < -0.3 is 9.64 Å². The Kier molecular flexibility index (Phi) is 7.07. The Morgan fingerprint density at radius 2 is 1.86 bits per heavy atom. The van der Waals surface area contributed by atoms with Crippen LogP contribution in [0.5, 0.6) is 5.75 Å². The minimum Gasteiger partial charge on any atom is -0.497 e. The van der Waals surface area contributed by atoms with Crippen molar-refractivity contribution in [2.24, 2.45) is 0 Å². The van der Waals surface area contributed by atoms with E-state index in [9.17, 15) is 4.79 Å². The number of thioether (sulfide) groups is 1. The SMILES string of the molecule is COc1ccc(CCN2C(=O)/C(=C/c3cc4cc(C)ccc4nc3N3CCCCC3)SC2=S)cc1. The van der Waals surface area contributed by atoms with E-state index in [1.807, 2.05) is 30.3 Å². The van der Waals surface area contributed by atoms with Crippen LogP contribution in [0.15, 0.2) is 53.4 Å². The van der Waals surface area contributed by atoms with Gasteiger partial charge in [0.1, 0.15) is 15.9 Å². The summed E-state index contributed by atoms with van der Waals surface area (Å²) in [5.41, 5.74) is 4.31. The molecule has 0 spiro atoms. The summed E-state index contributed by atoms with van der Waals surface area (Å²) in [5, 5.41) is 1.09. The normalized spacial score (nSPS) is 17.6. The fourth-order valence-electron chi connectivity index (χ4n) is 4.63. The molecule has 0 aliphatic carbocycles. The molecule has 0 saturated carbocycles. The number of carbonyl (C=O) groups excluding carboxylic acids is 1. The van der Waals surface area contributed by atoms with E-state index >= 15 is 0 Å². The minimum absolute atomic E-state index is 0.0255. The van der Waals surface area contributed by atoms with Crippen LogP contribution in [0.4, 0.5) is 5.82 Å². The summed E-state index contributed by atoms with van der Waals surface area (Å²) < 4.78 is 5.84. The molecule has 35 heavy (non-hydrogen) atoms. The van der Waals surface area contributed by atoms with Crippen LogP contribution in [0.1, 0.15) is 36.0 Å². The number of amides is 1. The first-order chi connectivity index (χ1) is 17.0. The average Bonchev–Trinajstić information content (AvgIpc) is 3.14. The van der Waals surface area contributed by atoms with E-state index < -0.39 is 0 Å². The molecule has 2 aromatic carbocycles. The molecule has 0 N–H and O–H groups in total. The standard InChI is InChI=1S/C28H29N3O2S2/c1-19-6-11-24-21(16-19)17-22(26(29-24)30-13-4-3-5-14-30)18-25-27(32)31(28(34)35-25)15-12-20-7-9-23(33-2)10-8-20/h6-11,16-18H,3-5,12-15H2,1-2H3/b25-18-. The zero-order valence-corrected chi connectivity index (χ0v) is 21.8. The molecule has 3 heterocycles. The van der Waals surface area contributed by atoms with Gasteiger partial charge in [0.05, 0.1) is 17.5 Å². The number of piperidine rings is 1. The number of hydrogen-bond acceptors (Lipinski definition) is 6. The molecule has 3 aromatic rings. The summed E-state index contributed by atoms with van der Waals surface area (Å²) in [6, 6.07) is 16.4. The summed E-state index contributed by atoms with van der Waals surface area (Å²) in [7, 11) is 1.66. The Bertz CT molecular complexity index is 1300. The Labute approximate surface area is 216 Å². The summed E-state index contributed by atoms with van der Waals surface area (Å²) in [4.78, 5) is 23.1. The molecular weight excluding hydrogens is 474 g/mol. The third kappa shape index (κ3) is 5.21. The maximum Gasteiger partial charge on any atom is 0.266 e. The van der Waals surface area contributed by atoms with Crippen LogP contribution >= 0.6 is 24.0 Å². The van der Waals surface area contributed by atoms with E-state index in [0.29, 0.717) is 15.8 Å². The molecule has 180 valence electrons. The maximum absolute atomic E-state index is 13.3. The lowest BCUT2D eigenvalue weighted by Crippen LogP contribution is -2.31. The van der Waals surface area contributed by atoms with Crippen LogP contribution in [0.2, 0.25) is 0 Å². The number of nitrogens with zero attached hydrogens (tertiary/aromatic N) is 3. The van der Waals surface area contributed by atoms with Gasteiger partial charge in [-0.05, 0) is 74.6 Å². The van der Waals surface area contributed by atoms with E-state index in [-0.39, 0.29) is 5.91 Å². The second-order valence-corrected chi connectivity index (χ2v) is 10.8. The van der Waals surface area contributed by atoms with Gasteiger partial charge in [0.2, 0.25) is 0 Å². The number of aryl methyl sites for hydroxylation is 1. The van der Waals surface area contributed by atoms with E-state index in [1.54, 1.807) is 12.0 Å². The minimum atomic E-state index is -0.0255. The highest BCUT2D eigenvalue weighted by molar-refractivity contribution is 8.26. The smallest absolute Gasteiger partial charge is 0.266 e.